The molecular weight excluding hydrogens is 178 g/mol. The van der Waals surface area contributed by atoms with Crippen molar-refractivity contribution in [2.45, 2.75) is 57.6 Å². The zero-order valence-corrected chi connectivity index (χ0v) is 9.01. The van der Waals surface area contributed by atoms with Crippen molar-refractivity contribution in [1.82, 2.24) is 5.32 Å². The Kier molecular flexibility index (Phi) is 2.41. The summed E-state index contributed by atoms with van der Waals surface area (Å²) in [4.78, 5) is 11.3. The highest BCUT2D eigenvalue weighted by atomic mass is 16.6. The monoisotopic (exact) mass is 197 g/mol. The Bertz CT molecular complexity index is 231. The third-order valence-corrected chi connectivity index (χ3v) is 3.50. The molecule has 2 rings (SSSR count). The molecule has 1 spiro atoms. The number of ether oxygens (including phenoxy) is 1. The van der Waals surface area contributed by atoms with E-state index in [-0.39, 0.29) is 17.7 Å². The first-order valence-electron chi connectivity index (χ1n) is 5.63. The molecule has 1 aliphatic heterocycles. The second-order valence-corrected chi connectivity index (χ2v) is 4.88. The van der Waals surface area contributed by atoms with Crippen LogP contribution >= 0.6 is 0 Å². The molecule has 2 aliphatic rings. The van der Waals surface area contributed by atoms with Gasteiger partial charge in [0.1, 0.15) is 5.60 Å². The van der Waals surface area contributed by atoms with Gasteiger partial charge in [0.2, 0.25) is 0 Å². The van der Waals surface area contributed by atoms with Gasteiger partial charge in [0, 0.05) is 0 Å². The Morgan fingerprint density at radius 1 is 1.36 bits per heavy atom. The predicted octanol–water partition coefficient (Wildman–Crippen LogP) is 2.45. The number of rotatable bonds is 1. The van der Waals surface area contributed by atoms with Gasteiger partial charge in [-0.2, -0.15) is 0 Å². The Balaban J connectivity index is 2.17. The normalized spacial score (nSPS) is 30.5. The van der Waals surface area contributed by atoms with Crippen LogP contribution in [-0.2, 0) is 4.74 Å². The van der Waals surface area contributed by atoms with E-state index in [2.05, 4.69) is 19.2 Å². The molecule has 1 aliphatic carbocycles. The summed E-state index contributed by atoms with van der Waals surface area (Å²) in [6.45, 7) is 4.30. The maximum Gasteiger partial charge on any atom is 0.408 e. The quantitative estimate of drug-likeness (QED) is 0.701. The van der Waals surface area contributed by atoms with Gasteiger partial charge in [-0.05, 0) is 31.6 Å². The van der Waals surface area contributed by atoms with Gasteiger partial charge >= 0.3 is 6.09 Å². The topological polar surface area (TPSA) is 38.3 Å². The van der Waals surface area contributed by atoms with Crippen LogP contribution in [0.15, 0.2) is 0 Å². The van der Waals surface area contributed by atoms with Crippen LogP contribution < -0.4 is 5.32 Å². The van der Waals surface area contributed by atoms with Crippen LogP contribution in [0.25, 0.3) is 0 Å². The molecule has 1 amide bonds. The van der Waals surface area contributed by atoms with Gasteiger partial charge in [-0.3, -0.25) is 0 Å². The van der Waals surface area contributed by atoms with Crippen molar-refractivity contribution >= 4 is 6.09 Å². The van der Waals surface area contributed by atoms with Crippen molar-refractivity contribution in [1.29, 1.82) is 0 Å². The van der Waals surface area contributed by atoms with E-state index in [0.717, 1.165) is 12.8 Å². The molecule has 1 N–H and O–H groups in total. The number of carbonyl (C=O) groups excluding carboxylic acids is 1. The lowest BCUT2D eigenvalue weighted by Gasteiger charge is -2.37. The fourth-order valence-electron chi connectivity index (χ4n) is 2.87. The highest BCUT2D eigenvalue weighted by Crippen LogP contribution is 2.40. The maximum atomic E-state index is 11.3. The zero-order chi connectivity index (χ0) is 10.2. The van der Waals surface area contributed by atoms with E-state index in [0.29, 0.717) is 5.92 Å². The van der Waals surface area contributed by atoms with Crippen LogP contribution in [0.1, 0.15) is 46.0 Å². The molecule has 1 heterocycles. The summed E-state index contributed by atoms with van der Waals surface area (Å²) < 4.78 is 5.51. The number of hydrogen-bond acceptors (Lipinski definition) is 2. The van der Waals surface area contributed by atoms with Crippen LogP contribution in [0.4, 0.5) is 4.79 Å². The molecule has 1 saturated heterocycles. The van der Waals surface area contributed by atoms with E-state index in [1.165, 1.54) is 19.3 Å². The zero-order valence-electron chi connectivity index (χ0n) is 9.01. The number of carbonyl (C=O) groups is 1. The van der Waals surface area contributed by atoms with Crippen LogP contribution in [0.2, 0.25) is 0 Å². The Labute approximate surface area is 85.2 Å². The summed E-state index contributed by atoms with van der Waals surface area (Å²) >= 11 is 0. The van der Waals surface area contributed by atoms with Gasteiger partial charge in [-0.1, -0.05) is 20.3 Å². The lowest BCUT2D eigenvalue weighted by atomic mass is 9.76. The Morgan fingerprint density at radius 2 is 2.00 bits per heavy atom. The molecule has 1 unspecified atom stereocenters. The average Bonchev–Trinajstić information content (AvgIpc) is 2.44. The van der Waals surface area contributed by atoms with Gasteiger partial charge < -0.3 is 10.1 Å². The number of hydrogen-bond donors (Lipinski definition) is 1. The maximum absolute atomic E-state index is 11.3. The lowest BCUT2D eigenvalue weighted by Crippen LogP contribution is -2.48. The first-order valence-corrected chi connectivity index (χ1v) is 5.63. The highest BCUT2D eigenvalue weighted by molar-refractivity contribution is 5.71. The Hall–Kier alpha value is -0.730. The molecule has 1 atom stereocenters. The van der Waals surface area contributed by atoms with Crippen LogP contribution in [-0.4, -0.2) is 17.7 Å². The molecule has 0 aromatic heterocycles. The van der Waals surface area contributed by atoms with Gasteiger partial charge in [-0.15, -0.1) is 0 Å². The summed E-state index contributed by atoms with van der Waals surface area (Å²) in [5.41, 5.74) is -0.177. The third-order valence-electron chi connectivity index (χ3n) is 3.50. The molecule has 0 aromatic rings. The largest absolute Gasteiger partial charge is 0.441 e. The van der Waals surface area contributed by atoms with Crippen LogP contribution in [0.5, 0.6) is 0 Å². The van der Waals surface area contributed by atoms with Gasteiger partial charge in [0.25, 0.3) is 0 Å². The minimum Gasteiger partial charge on any atom is -0.441 e. The molecule has 3 heteroatoms. The highest BCUT2D eigenvalue weighted by Gasteiger charge is 2.50. The van der Waals surface area contributed by atoms with E-state index >= 15 is 0 Å². The first kappa shape index (κ1) is 9.81. The molecule has 0 aromatic carbocycles. The second-order valence-electron chi connectivity index (χ2n) is 4.88. The molecule has 2 fully saturated rings. The lowest BCUT2D eigenvalue weighted by molar-refractivity contribution is -0.00476. The third kappa shape index (κ3) is 1.49. The minimum atomic E-state index is -0.217. The summed E-state index contributed by atoms with van der Waals surface area (Å²) in [5.74, 6) is 0.458. The van der Waals surface area contributed by atoms with E-state index in [9.17, 15) is 4.79 Å². The van der Waals surface area contributed by atoms with Crippen molar-refractivity contribution in [2.75, 3.05) is 0 Å². The molecule has 0 radical (unpaired) electrons. The van der Waals surface area contributed by atoms with E-state index in [4.69, 9.17) is 4.74 Å². The van der Waals surface area contributed by atoms with Crippen molar-refractivity contribution in [2.24, 2.45) is 5.92 Å². The fourth-order valence-corrected chi connectivity index (χ4v) is 2.87. The number of alkyl carbamates (subject to hydrolysis) is 1. The SMILES string of the molecule is CC(C)C1NC(=O)OC12CCCCC2. The summed E-state index contributed by atoms with van der Waals surface area (Å²) in [5, 5.41) is 2.95. The second kappa shape index (κ2) is 3.44. The van der Waals surface area contributed by atoms with Crippen molar-refractivity contribution in [3.8, 4) is 0 Å². The number of nitrogens with one attached hydrogen (secondary N) is 1. The molecule has 3 nitrogen and oxygen atoms in total. The molecule has 14 heavy (non-hydrogen) atoms. The average molecular weight is 197 g/mol. The molecule has 1 saturated carbocycles. The number of amides is 1. The van der Waals surface area contributed by atoms with E-state index in [1.807, 2.05) is 0 Å². The van der Waals surface area contributed by atoms with Gasteiger partial charge in [0.05, 0.1) is 6.04 Å². The fraction of sp³-hybridized carbons (Fsp3) is 0.909. The van der Waals surface area contributed by atoms with Crippen molar-refractivity contribution in [3.63, 3.8) is 0 Å². The standard InChI is InChI=1S/C11H19NO2/c1-8(2)9-11(14-10(13)12-9)6-4-3-5-7-11/h8-9H,3-7H2,1-2H3,(H,12,13). The summed E-state index contributed by atoms with van der Waals surface area (Å²) in [7, 11) is 0. The van der Waals surface area contributed by atoms with Crippen molar-refractivity contribution < 1.29 is 9.53 Å². The van der Waals surface area contributed by atoms with E-state index in [1.54, 1.807) is 0 Å². The molecule has 80 valence electrons. The summed E-state index contributed by atoms with van der Waals surface area (Å²) in [6.07, 6.45) is 5.52. The first-order chi connectivity index (χ1) is 6.64. The summed E-state index contributed by atoms with van der Waals surface area (Å²) in [6, 6.07) is 0.218. The molecular formula is C11H19NO2. The van der Waals surface area contributed by atoms with Crippen molar-refractivity contribution in [3.05, 3.63) is 0 Å². The van der Waals surface area contributed by atoms with Gasteiger partial charge in [-0.25, -0.2) is 4.79 Å². The van der Waals surface area contributed by atoms with Crippen LogP contribution in [0, 0.1) is 5.92 Å². The molecule has 0 bridgehead atoms. The van der Waals surface area contributed by atoms with Crippen LogP contribution in [0.3, 0.4) is 0 Å². The van der Waals surface area contributed by atoms with E-state index < -0.39 is 0 Å². The predicted molar refractivity (Wildman–Crippen MR) is 54.1 cm³/mol. The smallest absolute Gasteiger partial charge is 0.408 e. The van der Waals surface area contributed by atoms with Gasteiger partial charge in [0.15, 0.2) is 0 Å². The minimum absolute atomic E-state index is 0.177. The Morgan fingerprint density at radius 3 is 2.57 bits per heavy atom.